The van der Waals surface area contributed by atoms with Gasteiger partial charge in [0.1, 0.15) is 22.4 Å². The smallest absolute Gasteiger partial charge is 0.252 e. The fraction of sp³-hybridized carbons (Fsp3) is 0.312. The molecular weight excluding hydrogens is 568 g/mol. The number of ether oxygens (including phenoxy) is 1. The number of unbranched alkanes of at least 4 members (excludes halogenated alkanes) is 3. The minimum atomic E-state index is -3.87. The van der Waals surface area contributed by atoms with Gasteiger partial charge in [-0.15, -0.1) is 6.58 Å². The summed E-state index contributed by atoms with van der Waals surface area (Å²) in [6, 6.07) is 13.3. The van der Waals surface area contributed by atoms with Crippen LogP contribution in [-0.4, -0.2) is 49.7 Å². The largest absolute Gasteiger partial charge is 0.493 e. The molecule has 1 aromatic heterocycles. The predicted octanol–water partition coefficient (Wildman–Crippen LogP) is 6.73. The maximum atomic E-state index is 12.5. The molecule has 0 aliphatic heterocycles. The summed E-state index contributed by atoms with van der Waals surface area (Å²) in [4.78, 5) is 28.9. The van der Waals surface area contributed by atoms with Crippen molar-refractivity contribution in [2.24, 2.45) is 5.10 Å². The quantitative estimate of drug-likeness (QED) is 0.0553. The number of aromatic nitrogens is 1. The van der Waals surface area contributed by atoms with Crippen molar-refractivity contribution in [1.82, 2.24) is 10.3 Å². The molecule has 0 atom stereocenters. The lowest BCUT2D eigenvalue weighted by Gasteiger charge is -2.21. The number of carbonyl (C=O) groups is 2. The molecule has 0 unspecified atom stereocenters. The van der Waals surface area contributed by atoms with E-state index in [9.17, 15) is 23.2 Å². The van der Waals surface area contributed by atoms with Crippen LogP contribution in [0.3, 0.4) is 0 Å². The maximum Gasteiger partial charge on any atom is 0.252 e. The van der Waals surface area contributed by atoms with E-state index in [0.29, 0.717) is 42.9 Å². The molecule has 5 N–H and O–H groups in total. The number of ketones is 1. The highest BCUT2D eigenvalue weighted by molar-refractivity contribution is 8.19. The zero-order chi connectivity index (χ0) is 30.7. The molecule has 0 bridgehead atoms. The average Bonchev–Trinajstić information content (AvgIpc) is 2.99. The molecule has 3 aromatic rings. The molecular formula is C32H38N4O6S. The Balaban J connectivity index is 1.14. The number of pyridine rings is 1. The number of amides is 1. The van der Waals surface area contributed by atoms with Gasteiger partial charge in [-0.1, -0.05) is 37.1 Å². The molecule has 11 heteroatoms. The van der Waals surface area contributed by atoms with Gasteiger partial charge in [0.15, 0.2) is 5.78 Å². The predicted molar refractivity (Wildman–Crippen MR) is 170 cm³/mol. The second-order valence-electron chi connectivity index (χ2n) is 10.2. The van der Waals surface area contributed by atoms with E-state index in [0.717, 1.165) is 61.0 Å². The summed E-state index contributed by atoms with van der Waals surface area (Å²) in [6.07, 6.45) is 11.4. The molecule has 0 fully saturated rings. The third kappa shape index (κ3) is 8.98. The first-order valence-electron chi connectivity index (χ1n) is 14.3. The van der Waals surface area contributed by atoms with Crippen molar-refractivity contribution in [3.63, 3.8) is 0 Å². The molecule has 1 heterocycles. The highest BCUT2D eigenvalue weighted by Gasteiger charge is 2.22. The van der Waals surface area contributed by atoms with Crippen LogP contribution in [0.5, 0.6) is 5.75 Å². The van der Waals surface area contributed by atoms with Crippen LogP contribution in [0.25, 0.3) is 0 Å². The molecule has 0 saturated carbocycles. The number of hydrazone groups is 1. The fourth-order valence-corrected chi connectivity index (χ4v) is 5.65. The molecule has 0 radical (unpaired) electrons. The van der Waals surface area contributed by atoms with Gasteiger partial charge < -0.3 is 23.7 Å². The minimum absolute atomic E-state index is 0.0310. The molecule has 0 spiro atoms. The van der Waals surface area contributed by atoms with Gasteiger partial charge in [0.05, 0.1) is 23.3 Å². The average molecular weight is 607 g/mol. The Morgan fingerprint density at radius 3 is 2.63 bits per heavy atom. The summed E-state index contributed by atoms with van der Waals surface area (Å²) < 4.78 is 34.7. The Hall–Kier alpha value is -4.03. The lowest BCUT2D eigenvalue weighted by Crippen LogP contribution is -2.24. The van der Waals surface area contributed by atoms with E-state index in [1.54, 1.807) is 30.3 Å². The van der Waals surface area contributed by atoms with Crippen LogP contribution in [0.2, 0.25) is 0 Å². The van der Waals surface area contributed by atoms with Crippen LogP contribution in [0, 0.1) is 0 Å². The van der Waals surface area contributed by atoms with E-state index >= 15 is 0 Å². The SMILES string of the molecule is C=CCc1c(OCCCCCCNC(=O)c2ccc(N/N=C/c3ccccc3S(O)(O)O)nc2)ccc2c1CCCC2=O. The number of anilines is 1. The highest BCUT2D eigenvalue weighted by atomic mass is 32.3. The number of benzene rings is 2. The summed E-state index contributed by atoms with van der Waals surface area (Å²) in [6.45, 7) is 5.01. The molecule has 4 rings (SSSR count). The third-order valence-corrected chi connectivity index (χ3v) is 8.07. The standard InChI is InChI=1S/C32H38N4O6S/c1-2-10-27-25-12-9-13-28(37)26(25)16-17-29(27)42-20-8-4-3-7-19-33-32(38)24-15-18-31(34-21-24)36-35-22-23-11-5-6-14-30(23)43(39,40)41/h2,5-6,11,14-18,21-22,39-41H,1,3-4,7-10,12-13,19-20H2,(H,33,38)(H,34,36)/b35-22+. The minimum Gasteiger partial charge on any atom is -0.493 e. The monoisotopic (exact) mass is 606 g/mol. The number of rotatable bonds is 15. The Morgan fingerprint density at radius 1 is 1.05 bits per heavy atom. The summed E-state index contributed by atoms with van der Waals surface area (Å²) in [5.74, 6) is 1.23. The van der Waals surface area contributed by atoms with Crippen molar-refractivity contribution in [3.05, 3.63) is 95.2 Å². The van der Waals surface area contributed by atoms with Gasteiger partial charge in [0, 0.05) is 35.9 Å². The van der Waals surface area contributed by atoms with Crippen molar-refractivity contribution >= 4 is 34.6 Å². The molecule has 1 amide bonds. The van der Waals surface area contributed by atoms with Crippen LogP contribution in [0.1, 0.15) is 75.9 Å². The first-order chi connectivity index (χ1) is 20.8. The number of Topliss-reactive ketones (excluding diaryl/α,β-unsaturated/α-hetero) is 1. The van der Waals surface area contributed by atoms with Gasteiger partial charge in [0.25, 0.3) is 5.91 Å². The molecule has 0 saturated heterocycles. The molecule has 228 valence electrons. The van der Waals surface area contributed by atoms with Crippen LogP contribution in [0.15, 0.2) is 77.4 Å². The van der Waals surface area contributed by atoms with Crippen LogP contribution < -0.4 is 15.5 Å². The summed E-state index contributed by atoms with van der Waals surface area (Å²) in [5.41, 5.74) is 6.50. The second kappa shape index (κ2) is 15.4. The Labute approximate surface area is 253 Å². The van der Waals surface area contributed by atoms with E-state index in [1.165, 1.54) is 18.5 Å². The van der Waals surface area contributed by atoms with Crippen LogP contribution in [-0.2, 0) is 12.8 Å². The Morgan fingerprint density at radius 2 is 1.86 bits per heavy atom. The van der Waals surface area contributed by atoms with Gasteiger partial charge in [-0.05, 0) is 68.0 Å². The number of nitrogens with one attached hydrogen (secondary N) is 2. The van der Waals surface area contributed by atoms with E-state index in [2.05, 4.69) is 27.4 Å². The maximum absolute atomic E-state index is 12.5. The van der Waals surface area contributed by atoms with E-state index in [1.807, 2.05) is 18.2 Å². The first kappa shape index (κ1) is 31.9. The zero-order valence-electron chi connectivity index (χ0n) is 24.0. The number of hydrogen-bond acceptors (Lipinski definition) is 9. The first-order valence-corrected chi connectivity index (χ1v) is 15.8. The lowest BCUT2D eigenvalue weighted by molar-refractivity contribution is 0.0949. The van der Waals surface area contributed by atoms with Gasteiger partial charge in [-0.2, -0.15) is 5.10 Å². The zero-order valence-corrected chi connectivity index (χ0v) is 24.8. The summed E-state index contributed by atoms with van der Waals surface area (Å²) in [5, 5.41) is 6.93. The van der Waals surface area contributed by atoms with Gasteiger partial charge in [0.2, 0.25) is 0 Å². The summed E-state index contributed by atoms with van der Waals surface area (Å²) >= 11 is 0. The Bertz CT molecular complexity index is 1450. The van der Waals surface area contributed by atoms with Gasteiger partial charge >= 0.3 is 0 Å². The third-order valence-electron chi connectivity index (χ3n) is 7.10. The molecule has 2 aromatic carbocycles. The van der Waals surface area contributed by atoms with E-state index in [4.69, 9.17) is 4.74 Å². The van der Waals surface area contributed by atoms with E-state index < -0.39 is 10.9 Å². The van der Waals surface area contributed by atoms with Gasteiger partial charge in [-0.3, -0.25) is 15.0 Å². The van der Waals surface area contributed by atoms with Crippen molar-refractivity contribution < 1.29 is 28.0 Å². The second-order valence-corrected chi connectivity index (χ2v) is 11.7. The number of nitrogens with zero attached hydrogens (tertiary/aromatic N) is 2. The number of fused-ring (bicyclic) bond motifs is 1. The van der Waals surface area contributed by atoms with Crippen LogP contribution in [0.4, 0.5) is 5.82 Å². The van der Waals surface area contributed by atoms with Crippen molar-refractivity contribution in [2.75, 3.05) is 18.6 Å². The molecule has 1 aliphatic rings. The lowest BCUT2D eigenvalue weighted by atomic mass is 9.86. The number of carbonyl (C=O) groups excluding carboxylic acids is 2. The van der Waals surface area contributed by atoms with Gasteiger partial charge in [-0.25, -0.2) is 4.98 Å². The number of hydrogen-bond donors (Lipinski definition) is 5. The highest BCUT2D eigenvalue weighted by Crippen LogP contribution is 2.44. The fourth-order valence-electron chi connectivity index (χ4n) is 4.95. The topological polar surface area (TPSA) is 153 Å². The van der Waals surface area contributed by atoms with Crippen molar-refractivity contribution in [3.8, 4) is 5.75 Å². The van der Waals surface area contributed by atoms with Crippen molar-refractivity contribution in [1.29, 1.82) is 0 Å². The van der Waals surface area contributed by atoms with Crippen molar-refractivity contribution in [2.45, 2.75) is 56.3 Å². The molecule has 1 aliphatic carbocycles. The van der Waals surface area contributed by atoms with Crippen LogP contribution >= 0.6 is 10.9 Å². The Kier molecular flexibility index (Phi) is 11.5. The number of allylic oxidation sites excluding steroid dienone is 1. The summed E-state index contributed by atoms with van der Waals surface area (Å²) in [7, 11) is -3.87. The molecule has 10 nitrogen and oxygen atoms in total. The van der Waals surface area contributed by atoms with E-state index in [-0.39, 0.29) is 16.6 Å². The normalized spacial score (nSPS) is 13.4. The molecule has 43 heavy (non-hydrogen) atoms.